The van der Waals surface area contributed by atoms with Crippen molar-refractivity contribution in [1.29, 1.82) is 0 Å². The minimum absolute atomic E-state index is 0.0701. The molecule has 3 heterocycles. The smallest absolute Gasteiger partial charge is 0.261 e. The summed E-state index contributed by atoms with van der Waals surface area (Å²) in [6.07, 6.45) is 7.03. The minimum atomic E-state index is -0.228. The Morgan fingerprint density at radius 2 is 2.03 bits per heavy atom. The topological polar surface area (TPSA) is 123 Å². The molecule has 1 amide bonds. The second kappa shape index (κ2) is 7.88. The summed E-state index contributed by atoms with van der Waals surface area (Å²) in [6.45, 7) is 0.732. The molecule has 0 spiro atoms. The lowest BCUT2D eigenvalue weighted by molar-refractivity contribution is 0.0956. The van der Waals surface area contributed by atoms with E-state index >= 15 is 0 Å². The second-order valence-electron chi connectivity index (χ2n) is 8.31. The highest BCUT2D eigenvalue weighted by atomic mass is 32.1. The van der Waals surface area contributed by atoms with Crippen LogP contribution in [0.3, 0.4) is 0 Å². The molecule has 2 aliphatic rings. The van der Waals surface area contributed by atoms with E-state index in [4.69, 9.17) is 0 Å². The summed E-state index contributed by atoms with van der Waals surface area (Å²) >= 11 is 1.33. The van der Waals surface area contributed by atoms with Gasteiger partial charge < -0.3 is 25.7 Å². The second-order valence-corrected chi connectivity index (χ2v) is 9.34. The number of carbonyl (C=O) groups excluding carboxylic acids is 1. The number of pyridine rings is 1. The number of anilines is 1. The first-order chi connectivity index (χ1) is 14.6. The van der Waals surface area contributed by atoms with Gasteiger partial charge in [-0.25, -0.2) is 4.98 Å². The Balaban J connectivity index is 1.38. The summed E-state index contributed by atoms with van der Waals surface area (Å²) in [5.74, 6) is 1.05. The number of nitrogens with one attached hydrogen (secondary N) is 4. The maximum Gasteiger partial charge on any atom is 0.261 e. The molecule has 5 rings (SSSR count). The highest BCUT2D eigenvalue weighted by Crippen LogP contribution is 2.31. The lowest BCUT2D eigenvalue weighted by atomic mass is 9.93. The van der Waals surface area contributed by atoms with Crippen LogP contribution in [0.4, 0.5) is 5.69 Å². The monoisotopic (exact) mass is 427 g/mol. The standard InChI is InChI=1S/C21H25N5O3S/c27-13-5-3-12(4-6-13)24-14-7-8-22-20(29)17(14)18-25-15-9-16(30-21(15)26-18)19(28)23-10-11-1-2-11/h7-9,11-13,27H,1-6,10H2,(H,23,28)(H,25,26)(H2,22,24,29). The summed E-state index contributed by atoms with van der Waals surface area (Å²) in [5.41, 5.74) is 1.72. The highest BCUT2D eigenvalue weighted by Gasteiger charge is 2.24. The van der Waals surface area contributed by atoms with Crippen LogP contribution in [-0.2, 0) is 0 Å². The summed E-state index contributed by atoms with van der Waals surface area (Å²) < 4.78 is 0. The van der Waals surface area contributed by atoms with Gasteiger partial charge in [-0.2, -0.15) is 0 Å². The third kappa shape index (κ3) is 3.99. The van der Waals surface area contributed by atoms with Crippen molar-refractivity contribution in [3.63, 3.8) is 0 Å². The van der Waals surface area contributed by atoms with Crippen LogP contribution < -0.4 is 16.2 Å². The zero-order valence-electron chi connectivity index (χ0n) is 16.5. The van der Waals surface area contributed by atoms with Gasteiger partial charge in [0, 0.05) is 18.8 Å². The summed E-state index contributed by atoms with van der Waals surface area (Å²) in [5, 5.41) is 16.2. The third-order valence-electron chi connectivity index (χ3n) is 5.90. The first-order valence-electron chi connectivity index (χ1n) is 10.5. The minimum Gasteiger partial charge on any atom is -0.393 e. The van der Waals surface area contributed by atoms with Gasteiger partial charge in [0.1, 0.15) is 16.2 Å². The van der Waals surface area contributed by atoms with Crippen molar-refractivity contribution in [2.75, 3.05) is 11.9 Å². The van der Waals surface area contributed by atoms with Crippen molar-refractivity contribution in [3.8, 4) is 11.4 Å². The number of amides is 1. The van der Waals surface area contributed by atoms with Gasteiger partial charge in [-0.3, -0.25) is 9.59 Å². The Morgan fingerprint density at radius 3 is 2.77 bits per heavy atom. The van der Waals surface area contributed by atoms with Crippen molar-refractivity contribution in [3.05, 3.63) is 33.6 Å². The van der Waals surface area contributed by atoms with Gasteiger partial charge >= 0.3 is 0 Å². The van der Waals surface area contributed by atoms with Crippen molar-refractivity contribution < 1.29 is 9.90 Å². The van der Waals surface area contributed by atoms with Crippen LogP contribution in [0.25, 0.3) is 21.7 Å². The van der Waals surface area contributed by atoms with Gasteiger partial charge in [0.25, 0.3) is 11.5 Å². The molecule has 0 radical (unpaired) electrons. The van der Waals surface area contributed by atoms with E-state index in [1.807, 2.05) is 6.07 Å². The zero-order valence-corrected chi connectivity index (χ0v) is 17.3. The van der Waals surface area contributed by atoms with Crippen molar-refractivity contribution in [1.82, 2.24) is 20.3 Å². The lowest BCUT2D eigenvalue weighted by Crippen LogP contribution is -2.29. The SMILES string of the molecule is O=C(NCC1CC1)c1cc2[nH]c(-c3c(NC4CCC(O)CC4)cc[nH]c3=O)nc2s1. The largest absolute Gasteiger partial charge is 0.393 e. The molecule has 0 unspecified atom stereocenters. The molecule has 3 aromatic heterocycles. The molecular weight excluding hydrogens is 402 g/mol. The number of aromatic amines is 2. The number of H-pyrrole nitrogens is 2. The van der Waals surface area contributed by atoms with E-state index in [0.717, 1.165) is 43.4 Å². The predicted molar refractivity (Wildman–Crippen MR) is 117 cm³/mol. The van der Waals surface area contributed by atoms with Gasteiger partial charge in [-0.15, -0.1) is 11.3 Å². The fraction of sp³-hybridized carbons (Fsp3) is 0.476. The maximum absolute atomic E-state index is 12.6. The van der Waals surface area contributed by atoms with Crippen molar-refractivity contribution >= 4 is 33.3 Å². The van der Waals surface area contributed by atoms with Crippen LogP contribution >= 0.6 is 11.3 Å². The Labute approximate surface area is 177 Å². The number of carbonyl (C=O) groups is 1. The van der Waals surface area contributed by atoms with E-state index in [2.05, 4.69) is 25.6 Å². The Bertz CT molecular complexity index is 1090. The quantitative estimate of drug-likeness (QED) is 0.414. The third-order valence-corrected chi connectivity index (χ3v) is 6.93. The van der Waals surface area contributed by atoms with Crippen LogP contribution in [-0.4, -0.2) is 44.7 Å². The van der Waals surface area contributed by atoms with Gasteiger partial charge in [0.15, 0.2) is 0 Å². The maximum atomic E-state index is 12.6. The molecule has 5 N–H and O–H groups in total. The summed E-state index contributed by atoms with van der Waals surface area (Å²) in [4.78, 5) is 36.8. The number of aliphatic hydroxyl groups is 1. The molecule has 30 heavy (non-hydrogen) atoms. The molecule has 8 nitrogen and oxygen atoms in total. The average Bonchev–Trinajstić information content (AvgIpc) is 3.35. The Morgan fingerprint density at radius 1 is 1.23 bits per heavy atom. The molecule has 0 atom stereocenters. The van der Waals surface area contributed by atoms with Crippen LogP contribution in [0.1, 0.15) is 48.2 Å². The molecule has 158 valence electrons. The number of nitrogens with zero attached hydrogens (tertiary/aromatic N) is 1. The summed E-state index contributed by atoms with van der Waals surface area (Å²) in [7, 11) is 0. The Kier molecular flexibility index (Phi) is 5.08. The van der Waals surface area contributed by atoms with Crippen molar-refractivity contribution in [2.45, 2.75) is 50.7 Å². The molecule has 3 aromatic rings. The van der Waals surface area contributed by atoms with Crippen LogP contribution in [0.15, 0.2) is 23.1 Å². The van der Waals surface area contributed by atoms with Gasteiger partial charge in [-0.05, 0) is 56.6 Å². The number of thiophene rings is 1. The number of aromatic nitrogens is 3. The number of aliphatic hydroxyl groups excluding tert-OH is 1. The molecule has 0 aromatic carbocycles. The van der Waals surface area contributed by atoms with Crippen molar-refractivity contribution in [2.24, 2.45) is 5.92 Å². The van der Waals surface area contributed by atoms with E-state index in [1.54, 1.807) is 12.3 Å². The summed E-state index contributed by atoms with van der Waals surface area (Å²) in [6, 6.07) is 3.85. The molecule has 0 saturated heterocycles. The van der Waals surface area contributed by atoms with Crippen LogP contribution in [0.2, 0.25) is 0 Å². The number of hydrogen-bond acceptors (Lipinski definition) is 6. The highest BCUT2D eigenvalue weighted by molar-refractivity contribution is 7.20. The molecule has 2 saturated carbocycles. The number of fused-ring (bicyclic) bond motifs is 1. The van der Waals surface area contributed by atoms with Gasteiger partial charge in [-0.1, -0.05) is 0 Å². The Hall–Kier alpha value is -2.65. The fourth-order valence-corrected chi connectivity index (χ4v) is 4.87. The fourth-order valence-electron chi connectivity index (χ4n) is 3.96. The van der Waals surface area contributed by atoms with E-state index in [1.165, 1.54) is 24.2 Å². The molecule has 0 bridgehead atoms. The van der Waals surface area contributed by atoms with Gasteiger partial charge in [0.05, 0.1) is 22.2 Å². The predicted octanol–water partition coefficient (Wildman–Crippen LogP) is 2.83. The lowest BCUT2D eigenvalue weighted by Gasteiger charge is -2.27. The first kappa shape index (κ1) is 19.3. The van der Waals surface area contributed by atoms with E-state index in [0.29, 0.717) is 27.0 Å². The molecular formula is C21H25N5O3S. The molecule has 0 aliphatic heterocycles. The van der Waals surface area contributed by atoms with E-state index in [9.17, 15) is 14.7 Å². The van der Waals surface area contributed by atoms with E-state index < -0.39 is 0 Å². The number of imidazole rings is 1. The normalized spacial score (nSPS) is 21.6. The number of rotatable bonds is 6. The molecule has 9 heteroatoms. The van der Waals surface area contributed by atoms with E-state index in [-0.39, 0.29) is 23.6 Å². The van der Waals surface area contributed by atoms with Gasteiger partial charge in [0.2, 0.25) is 0 Å². The van der Waals surface area contributed by atoms with Crippen LogP contribution in [0, 0.1) is 5.92 Å². The number of hydrogen-bond donors (Lipinski definition) is 5. The molecule has 2 fully saturated rings. The zero-order chi connectivity index (χ0) is 20.7. The molecule has 2 aliphatic carbocycles. The average molecular weight is 428 g/mol. The first-order valence-corrected chi connectivity index (χ1v) is 11.3. The van der Waals surface area contributed by atoms with Crippen LogP contribution in [0.5, 0.6) is 0 Å².